The monoisotopic (exact) mass is 174 g/mol. The molecule has 1 nitrogen and oxygen atoms in total. The molecule has 0 radical (unpaired) electrons. The molecule has 0 heterocycles. The van der Waals surface area contributed by atoms with Crippen LogP contribution in [0.15, 0.2) is 0 Å². The Morgan fingerprint density at radius 1 is 1.33 bits per heavy atom. The van der Waals surface area contributed by atoms with Crippen LogP contribution < -0.4 is 0 Å². The summed E-state index contributed by atoms with van der Waals surface area (Å²) in [6.07, 6.45) is 13.7. The van der Waals surface area contributed by atoms with E-state index >= 15 is 0 Å². The van der Waals surface area contributed by atoms with Crippen LogP contribution in [0.4, 0.5) is 0 Å². The summed E-state index contributed by atoms with van der Waals surface area (Å²) in [4.78, 5) is 0. The van der Waals surface area contributed by atoms with Gasteiger partial charge in [0.25, 0.3) is 0 Å². The number of rotatable bonds is 5. The maximum atomic E-state index is 9.45. The fraction of sp³-hybridized carbons (Fsp3) is 0.636. The topological polar surface area (TPSA) is 20.2 Å². The van der Waals surface area contributed by atoms with E-state index in [1.165, 1.54) is 0 Å². The molecule has 1 atom stereocenters. The van der Waals surface area contributed by atoms with Crippen LogP contribution in [0, 0.1) is 30.6 Å². The van der Waals surface area contributed by atoms with Gasteiger partial charge in [-0.15, -0.1) is 12.8 Å². The van der Waals surface area contributed by atoms with Crippen LogP contribution in [-0.2, 0) is 0 Å². The van der Waals surface area contributed by atoms with Crippen molar-refractivity contribution in [1.82, 2.24) is 0 Å². The van der Waals surface area contributed by atoms with Gasteiger partial charge in [0.2, 0.25) is 0 Å². The van der Waals surface area contributed by atoms with Gasteiger partial charge < -0.3 is 5.11 Å². The molecule has 0 saturated heterocycles. The molecule has 0 fully saturated rings. The van der Waals surface area contributed by atoms with Gasteiger partial charge in [0, 0.05) is 7.13 Å². The molecule has 0 aromatic rings. The zero-order valence-corrected chi connectivity index (χ0v) is 7.59. The third kappa shape index (κ3) is 4.06. The fourth-order valence-corrected chi connectivity index (χ4v) is 1.04. The zero-order chi connectivity index (χ0) is 9.40. The highest BCUT2D eigenvalue weighted by atomic mass is 16.3. The Kier molecular flexibility index (Phi) is 6.25. The molecular formula is C11H26O. The lowest BCUT2D eigenvalue weighted by molar-refractivity contribution is 0.142. The molecule has 0 amide bonds. The van der Waals surface area contributed by atoms with Crippen LogP contribution in [0.25, 0.3) is 0 Å². The maximum absolute atomic E-state index is 9.45. The van der Waals surface area contributed by atoms with Gasteiger partial charge in [0.1, 0.15) is 5.92 Å². The van der Waals surface area contributed by atoms with Crippen molar-refractivity contribution in [3.63, 3.8) is 0 Å². The van der Waals surface area contributed by atoms with Crippen LogP contribution >= 0.6 is 0 Å². The second-order valence-corrected chi connectivity index (χ2v) is 2.87. The third-order valence-electron chi connectivity index (χ3n) is 1.85. The van der Waals surface area contributed by atoms with Gasteiger partial charge in [-0.1, -0.05) is 38.0 Å². The molecule has 0 aromatic heterocycles. The second-order valence-electron chi connectivity index (χ2n) is 2.87. The Morgan fingerprint density at radius 2 is 1.92 bits per heavy atom. The quantitative estimate of drug-likeness (QED) is 0.502. The minimum atomic E-state index is -0.522. The summed E-state index contributed by atoms with van der Waals surface area (Å²) in [7, 11) is 0. The molecule has 0 aliphatic heterocycles. The third-order valence-corrected chi connectivity index (χ3v) is 1.85. The van der Waals surface area contributed by atoms with Crippen LogP contribution in [0.1, 0.15) is 39.7 Å². The van der Waals surface area contributed by atoms with Crippen LogP contribution in [0.5, 0.6) is 0 Å². The highest BCUT2D eigenvalue weighted by Crippen LogP contribution is 2.10. The van der Waals surface area contributed by atoms with Crippen molar-refractivity contribution in [2.75, 3.05) is 0 Å². The normalized spacial score (nSPS) is 12.1. The zero-order valence-electron chi connectivity index (χ0n) is 7.59. The summed E-state index contributed by atoms with van der Waals surface area (Å²) in [5.41, 5.74) is 0. The summed E-state index contributed by atoms with van der Waals surface area (Å²) in [5, 5.41) is 9.45. The number of aliphatic hydroxyl groups excluding tert-OH is 1. The Bertz CT molecular complexity index is 183. The molecule has 0 aliphatic rings. The molecule has 0 bridgehead atoms. The molecule has 0 saturated carbocycles. The van der Waals surface area contributed by atoms with Gasteiger partial charge in [0.05, 0.1) is 6.10 Å². The first kappa shape index (κ1) is 11.1. The predicted octanol–water partition coefficient (Wildman–Crippen LogP) is 3.04. The van der Waals surface area contributed by atoms with Crippen LogP contribution in [0.2, 0.25) is 0 Å². The predicted molar refractivity (Wildman–Crippen MR) is 61.9 cm³/mol. The van der Waals surface area contributed by atoms with E-state index in [2.05, 4.69) is 18.8 Å². The average Bonchev–Trinajstić information content (AvgIpc) is 2.07. The molecule has 1 N–H and O–H groups in total. The first-order valence-electron chi connectivity index (χ1n) is 4.36. The van der Waals surface area contributed by atoms with E-state index < -0.39 is 12.0 Å². The van der Waals surface area contributed by atoms with Crippen molar-refractivity contribution >= 4 is 0 Å². The number of aliphatic hydroxyl groups is 1. The van der Waals surface area contributed by atoms with Crippen molar-refractivity contribution in [3.05, 3.63) is 0 Å². The molecule has 1 heteroatoms. The van der Waals surface area contributed by atoms with Crippen LogP contribution in [0.3, 0.4) is 0 Å². The average molecular weight is 174 g/mol. The minimum Gasteiger partial charge on any atom is -0.391 e. The lowest BCUT2D eigenvalue weighted by atomic mass is 9.99. The van der Waals surface area contributed by atoms with E-state index in [0.717, 1.165) is 19.3 Å². The van der Waals surface area contributed by atoms with Crippen LogP contribution in [-0.4, -0.2) is 11.2 Å². The molecular weight excluding hydrogens is 148 g/mol. The van der Waals surface area contributed by atoms with E-state index in [4.69, 9.17) is 12.8 Å². The smallest absolute Gasteiger partial charge is 0.106 e. The summed E-state index contributed by atoms with van der Waals surface area (Å²) >= 11 is 0. The highest BCUT2D eigenvalue weighted by molar-refractivity contribution is 5.12. The number of hydrogen-bond acceptors (Lipinski definition) is 1. The Balaban J connectivity index is -0.0000000605. The van der Waals surface area contributed by atoms with Gasteiger partial charge in [-0.05, 0) is 6.42 Å². The van der Waals surface area contributed by atoms with Crippen molar-refractivity contribution < 1.29 is 12.2 Å². The first-order chi connectivity index (χ1) is 5.76. The molecule has 0 spiro atoms. The molecule has 76 valence electrons. The van der Waals surface area contributed by atoms with Gasteiger partial charge >= 0.3 is 0 Å². The molecule has 12 heavy (non-hydrogen) atoms. The van der Waals surface area contributed by atoms with Gasteiger partial charge in [-0.25, -0.2) is 0 Å². The molecule has 0 aliphatic carbocycles. The number of hydrogen-bond donors (Lipinski definition) is 1. The minimum absolute atomic E-state index is 0. The van der Waals surface area contributed by atoms with E-state index in [-0.39, 0.29) is 7.13 Å². The number of terminal acetylenes is 2. The van der Waals surface area contributed by atoms with E-state index in [1.807, 2.05) is 0 Å². The van der Waals surface area contributed by atoms with Crippen molar-refractivity contribution in [3.8, 4) is 24.7 Å². The first-order valence-corrected chi connectivity index (χ1v) is 4.36. The fourth-order valence-electron chi connectivity index (χ4n) is 1.04. The van der Waals surface area contributed by atoms with Gasteiger partial charge in [0.15, 0.2) is 0 Å². The summed E-state index contributed by atoms with van der Waals surface area (Å²) in [6, 6.07) is 0. The Hall–Kier alpha value is -0.920. The van der Waals surface area contributed by atoms with Gasteiger partial charge in [-0.3, -0.25) is 0 Å². The summed E-state index contributed by atoms with van der Waals surface area (Å²) in [5.74, 6) is 4.37. The SMILES string of the molecule is C#CC(C#C)C(O)CCCCC.[HH].[HH].[HH].[HH].[HH]. The molecule has 0 rings (SSSR count). The van der Waals surface area contributed by atoms with Crippen molar-refractivity contribution in [1.29, 1.82) is 0 Å². The maximum Gasteiger partial charge on any atom is 0.106 e. The van der Waals surface area contributed by atoms with Crippen molar-refractivity contribution in [2.24, 2.45) is 5.92 Å². The largest absolute Gasteiger partial charge is 0.391 e. The molecule has 1 unspecified atom stereocenters. The lowest BCUT2D eigenvalue weighted by Crippen LogP contribution is -2.16. The van der Waals surface area contributed by atoms with Gasteiger partial charge in [-0.2, -0.15) is 0 Å². The van der Waals surface area contributed by atoms with E-state index in [9.17, 15) is 5.11 Å². The van der Waals surface area contributed by atoms with E-state index in [1.54, 1.807) is 0 Å². The number of unbranched alkanes of at least 4 members (excludes halogenated alkanes) is 2. The lowest BCUT2D eigenvalue weighted by Gasteiger charge is -2.11. The Morgan fingerprint density at radius 3 is 2.33 bits per heavy atom. The second kappa shape index (κ2) is 6.77. The van der Waals surface area contributed by atoms with Crippen molar-refractivity contribution in [2.45, 2.75) is 38.7 Å². The Labute approximate surface area is 82.6 Å². The molecule has 0 aromatic carbocycles. The summed E-state index contributed by atoms with van der Waals surface area (Å²) < 4.78 is 0. The highest BCUT2D eigenvalue weighted by Gasteiger charge is 2.12. The summed E-state index contributed by atoms with van der Waals surface area (Å²) in [6.45, 7) is 2.12. The standard InChI is InChI=1S/C11H16O.5H2/c1-4-7-8-9-11(12)10(5-2)6-3;;;;;/h2-3,10-12H,4,7-9H2,1H3;5*1H. The van der Waals surface area contributed by atoms with E-state index in [0.29, 0.717) is 6.42 Å².